The van der Waals surface area contributed by atoms with E-state index in [0.29, 0.717) is 6.54 Å². The zero-order chi connectivity index (χ0) is 12.3. The minimum absolute atomic E-state index is 0.0401. The Balaban J connectivity index is 2.04. The molecule has 0 atom stereocenters. The number of pyridine rings is 1. The summed E-state index contributed by atoms with van der Waals surface area (Å²) in [4.78, 5) is 15.1. The average Bonchev–Trinajstić information content (AvgIpc) is 2.72. The van der Waals surface area contributed by atoms with Crippen molar-refractivity contribution in [3.63, 3.8) is 0 Å². The first kappa shape index (κ1) is 11.3. The van der Waals surface area contributed by atoms with Crippen LogP contribution in [0.15, 0.2) is 36.7 Å². The lowest BCUT2D eigenvalue weighted by Gasteiger charge is -2.06. The van der Waals surface area contributed by atoms with Gasteiger partial charge in [0.1, 0.15) is 0 Å². The number of amides is 1. The van der Waals surface area contributed by atoms with Gasteiger partial charge in [0.15, 0.2) is 0 Å². The Labute approximate surface area is 98.1 Å². The lowest BCUT2D eigenvalue weighted by atomic mass is 10.2. The summed E-state index contributed by atoms with van der Waals surface area (Å²) < 4.78 is 15.1. The van der Waals surface area contributed by atoms with Crippen LogP contribution in [0.1, 0.15) is 16.1 Å². The molecule has 0 fully saturated rings. The summed E-state index contributed by atoms with van der Waals surface area (Å²) in [6.07, 6.45) is 3.19. The number of hydrogen-bond acceptors (Lipinski definition) is 2. The van der Waals surface area contributed by atoms with Gasteiger partial charge in [0.2, 0.25) is 5.95 Å². The molecule has 4 nitrogen and oxygen atoms in total. The highest BCUT2D eigenvalue weighted by Crippen LogP contribution is 2.04. The van der Waals surface area contributed by atoms with Crippen molar-refractivity contribution in [2.45, 2.75) is 6.54 Å². The van der Waals surface area contributed by atoms with E-state index in [9.17, 15) is 9.18 Å². The van der Waals surface area contributed by atoms with Crippen LogP contribution in [0.4, 0.5) is 4.39 Å². The molecule has 0 aliphatic rings. The van der Waals surface area contributed by atoms with Gasteiger partial charge in [0.05, 0.1) is 12.1 Å². The van der Waals surface area contributed by atoms with Crippen LogP contribution in [0.5, 0.6) is 0 Å². The van der Waals surface area contributed by atoms with Gasteiger partial charge in [-0.3, -0.25) is 4.79 Å². The van der Waals surface area contributed by atoms with Crippen LogP contribution in [0, 0.1) is 5.95 Å². The minimum atomic E-state index is -0.753. The number of carbonyl (C=O) groups excluding carboxylic acids is 1. The number of carbonyl (C=O) groups is 1. The van der Waals surface area contributed by atoms with E-state index in [1.807, 2.05) is 29.9 Å². The summed E-state index contributed by atoms with van der Waals surface area (Å²) in [5.41, 5.74) is 0.907. The molecular weight excluding hydrogens is 221 g/mol. The standard InChI is InChI=1S/C12H12FN3O/c1-16-7-3-4-9(16)8-15-12(17)10-5-2-6-14-11(10)13/h2-7H,8H2,1H3,(H,15,17). The van der Waals surface area contributed by atoms with Crippen molar-refractivity contribution in [3.8, 4) is 0 Å². The topological polar surface area (TPSA) is 46.9 Å². The van der Waals surface area contributed by atoms with E-state index >= 15 is 0 Å². The second-order valence-corrected chi connectivity index (χ2v) is 3.63. The fourth-order valence-corrected chi connectivity index (χ4v) is 1.50. The molecule has 0 bridgehead atoms. The molecule has 5 heteroatoms. The van der Waals surface area contributed by atoms with E-state index in [4.69, 9.17) is 0 Å². The molecule has 0 aliphatic heterocycles. The molecule has 0 radical (unpaired) electrons. The number of rotatable bonds is 3. The highest BCUT2D eigenvalue weighted by molar-refractivity contribution is 5.93. The third kappa shape index (κ3) is 2.50. The average molecular weight is 233 g/mol. The molecule has 0 aromatic carbocycles. The van der Waals surface area contributed by atoms with E-state index in [2.05, 4.69) is 10.3 Å². The van der Waals surface area contributed by atoms with Crippen LogP contribution < -0.4 is 5.32 Å². The molecule has 0 spiro atoms. The van der Waals surface area contributed by atoms with E-state index in [1.54, 1.807) is 0 Å². The first-order chi connectivity index (χ1) is 8.18. The zero-order valence-electron chi connectivity index (χ0n) is 9.35. The predicted molar refractivity (Wildman–Crippen MR) is 60.8 cm³/mol. The molecular formula is C12H12FN3O. The van der Waals surface area contributed by atoms with Gasteiger partial charge in [0.25, 0.3) is 5.91 Å². The summed E-state index contributed by atoms with van der Waals surface area (Å²) in [6, 6.07) is 6.70. The molecule has 0 unspecified atom stereocenters. The maximum absolute atomic E-state index is 13.2. The van der Waals surface area contributed by atoms with Crippen LogP contribution in [0.3, 0.4) is 0 Å². The molecule has 1 amide bonds. The van der Waals surface area contributed by atoms with Crippen molar-refractivity contribution in [1.82, 2.24) is 14.9 Å². The van der Waals surface area contributed by atoms with Gasteiger partial charge in [0, 0.05) is 25.1 Å². The van der Waals surface area contributed by atoms with Crippen molar-refractivity contribution in [2.24, 2.45) is 7.05 Å². The Morgan fingerprint density at radius 1 is 1.47 bits per heavy atom. The maximum Gasteiger partial charge on any atom is 0.256 e. The Bertz CT molecular complexity index is 536. The summed E-state index contributed by atoms with van der Waals surface area (Å²) in [5, 5.41) is 2.64. The first-order valence-corrected chi connectivity index (χ1v) is 5.17. The van der Waals surface area contributed by atoms with Gasteiger partial charge in [-0.15, -0.1) is 0 Å². The molecule has 2 rings (SSSR count). The molecule has 2 aromatic heterocycles. The van der Waals surface area contributed by atoms with E-state index in [0.717, 1.165) is 5.69 Å². The van der Waals surface area contributed by atoms with Crippen molar-refractivity contribution in [1.29, 1.82) is 0 Å². The van der Waals surface area contributed by atoms with Crippen molar-refractivity contribution >= 4 is 5.91 Å². The lowest BCUT2D eigenvalue weighted by Crippen LogP contribution is -2.25. The van der Waals surface area contributed by atoms with Crippen LogP contribution >= 0.6 is 0 Å². The normalized spacial score (nSPS) is 10.2. The molecule has 0 saturated carbocycles. The monoisotopic (exact) mass is 233 g/mol. The second-order valence-electron chi connectivity index (χ2n) is 3.63. The van der Waals surface area contributed by atoms with Gasteiger partial charge >= 0.3 is 0 Å². The van der Waals surface area contributed by atoms with Crippen molar-refractivity contribution < 1.29 is 9.18 Å². The van der Waals surface area contributed by atoms with Gasteiger partial charge in [-0.25, -0.2) is 4.98 Å². The molecule has 88 valence electrons. The molecule has 0 saturated heterocycles. The van der Waals surface area contributed by atoms with Crippen molar-refractivity contribution in [3.05, 3.63) is 53.9 Å². The lowest BCUT2D eigenvalue weighted by molar-refractivity contribution is 0.0945. The third-order valence-corrected chi connectivity index (χ3v) is 2.49. The molecule has 17 heavy (non-hydrogen) atoms. The number of aromatic nitrogens is 2. The van der Waals surface area contributed by atoms with E-state index in [-0.39, 0.29) is 5.56 Å². The molecule has 1 N–H and O–H groups in total. The van der Waals surface area contributed by atoms with Crippen LogP contribution in [-0.4, -0.2) is 15.5 Å². The SMILES string of the molecule is Cn1cccc1CNC(=O)c1cccnc1F. The first-order valence-electron chi connectivity index (χ1n) is 5.17. The van der Waals surface area contributed by atoms with Gasteiger partial charge in [-0.1, -0.05) is 0 Å². The smallest absolute Gasteiger partial charge is 0.256 e. The molecule has 0 aliphatic carbocycles. The number of halogens is 1. The summed E-state index contributed by atoms with van der Waals surface area (Å²) >= 11 is 0. The summed E-state index contributed by atoms with van der Waals surface area (Å²) in [5.74, 6) is -1.21. The summed E-state index contributed by atoms with van der Waals surface area (Å²) in [7, 11) is 1.88. The Hall–Kier alpha value is -2.17. The zero-order valence-corrected chi connectivity index (χ0v) is 9.35. The van der Waals surface area contributed by atoms with Crippen molar-refractivity contribution in [2.75, 3.05) is 0 Å². The largest absolute Gasteiger partial charge is 0.353 e. The van der Waals surface area contributed by atoms with Gasteiger partial charge in [-0.2, -0.15) is 4.39 Å². The Kier molecular flexibility index (Phi) is 3.18. The molecule has 2 aromatic rings. The Morgan fingerprint density at radius 2 is 2.29 bits per heavy atom. The fourth-order valence-electron chi connectivity index (χ4n) is 1.50. The van der Waals surface area contributed by atoms with E-state index in [1.165, 1.54) is 18.3 Å². The predicted octanol–water partition coefficient (Wildman–Crippen LogP) is 1.49. The van der Waals surface area contributed by atoms with Crippen LogP contribution in [-0.2, 0) is 13.6 Å². The fraction of sp³-hybridized carbons (Fsp3) is 0.167. The maximum atomic E-state index is 13.2. The number of hydrogen-bond donors (Lipinski definition) is 1. The second kappa shape index (κ2) is 4.78. The number of nitrogens with zero attached hydrogens (tertiary/aromatic N) is 2. The van der Waals surface area contributed by atoms with Crippen LogP contribution in [0.2, 0.25) is 0 Å². The minimum Gasteiger partial charge on any atom is -0.353 e. The number of nitrogens with one attached hydrogen (secondary N) is 1. The van der Waals surface area contributed by atoms with Gasteiger partial charge in [-0.05, 0) is 24.3 Å². The highest BCUT2D eigenvalue weighted by Gasteiger charge is 2.11. The van der Waals surface area contributed by atoms with Crippen LogP contribution in [0.25, 0.3) is 0 Å². The van der Waals surface area contributed by atoms with E-state index < -0.39 is 11.9 Å². The highest BCUT2D eigenvalue weighted by atomic mass is 19.1. The third-order valence-electron chi connectivity index (χ3n) is 2.49. The Morgan fingerprint density at radius 3 is 2.94 bits per heavy atom. The van der Waals surface area contributed by atoms with Gasteiger partial charge < -0.3 is 9.88 Å². The quantitative estimate of drug-likeness (QED) is 0.816. The molecule has 2 heterocycles. The number of aryl methyl sites for hydroxylation is 1. The summed E-state index contributed by atoms with van der Waals surface area (Å²) in [6.45, 7) is 0.358.